The minimum atomic E-state index is 0.962. The van der Waals surface area contributed by atoms with E-state index in [4.69, 9.17) is 0 Å². The third-order valence-corrected chi connectivity index (χ3v) is 4.52. The summed E-state index contributed by atoms with van der Waals surface area (Å²) in [4.78, 5) is 2.62. The average Bonchev–Trinajstić information content (AvgIpc) is 2.43. The zero-order chi connectivity index (χ0) is 14.2. The quantitative estimate of drug-likeness (QED) is 0.694. The Labute approximate surface area is 124 Å². The largest absolute Gasteiger partial charge is 0.317 e. The summed E-state index contributed by atoms with van der Waals surface area (Å²) in [7, 11) is 0. The summed E-state index contributed by atoms with van der Waals surface area (Å²) in [6, 6.07) is 8.96. The van der Waals surface area contributed by atoms with Crippen LogP contribution in [0.15, 0.2) is 24.3 Å². The van der Waals surface area contributed by atoms with E-state index in [1.807, 2.05) is 0 Å². The molecule has 1 fully saturated rings. The second-order valence-corrected chi connectivity index (χ2v) is 6.00. The Morgan fingerprint density at radius 1 is 1.15 bits per heavy atom. The van der Waals surface area contributed by atoms with Crippen molar-refractivity contribution in [3.63, 3.8) is 0 Å². The predicted octanol–water partition coefficient (Wildman–Crippen LogP) is 3.46. The highest BCUT2D eigenvalue weighted by Gasteiger charge is 2.20. The number of benzene rings is 1. The van der Waals surface area contributed by atoms with Crippen molar-refractivity contribution in [3.8, 4) is 0 Å². The monoisotopic (exact) mass is 274 g/mol. The summed E-state index contributed by atoms with van der Waals surface area (Å²) >= 11 is 0. The van der Waals surface area contributed by atoms with Crippen molar-refractivity contribution in [1.29, 1.82) is 0 Å². The molecule has 0 amide bonds. The molecule has 1 saturated carbocycles. The molecule has 1 N–H and O–H groups in total. The van der Waals surface area contributed by atoms with Gasteiger partial charge in [-0.05, 0) is 55.9 Å². The van der Waals surface area contributed by atoms with Crippen LogP contribution in [0.5, 0.6) is 0 Å². The van der Waals surface area contributed by atoms with Crippen LogP contribution in [0, 0.1) is 5.92 Å². The van der Waals surface area contributed by atoms with E-state index in [-0.39, 0.29) is 0 Å². The van der Waals surface area contributed by atoms with Crippen LogP contribution in [-0.2, 0) is 13.0 Å². The lowest BCUT2D eigenvalue weighted by Gasteiger charge is -2.32. The maximum absolute atomic E-state index is 3.43. The Hall–Kier alpha value is -0.860. The van der Waals surface area contributed by atoms with Gasteiger partial charge in [-0.3, -0.25) is 4.90 Å². The van der Waals surface area contributed by atoms with Crippen molar-refractivity contribution < 1.29 is 0 Å². The second-order valence-electron chi connectivity index (χ2n) is 6.00. The van der Waals surface area contributed by atoms with E-state index < -0.39 is 0 Å². The molecule has 112 valence electrons. The van der Waals surface area contributed by atoms with Crippen LogP contribution >= 0.6 is 0 Å². The van der Waals surface area contributed by atoms with Gasteiger partial charge in [0.05, 0.1) is 0 Å². The zero-order valence-electron chi connectivity index (χ0n) is 13.2. The SMILES string of the molecule is CCNCCc1ccccc1CN(CC)CC1CCC1. The first kappa shape index (κ1) is 15.5. The molecule has 0 atom stereocenters. The molecule has 0 spiro atoms. The lowest BCUT2D eigenvalue weighted by atomic mass is 9.85. The van der Waals surface area contributed by atoms with Crippen molar-refractivity contribution in [2.45, 2.75) is 46.1 Å². The van der Waals surface area contributed by atoms with Gasteiger partial charge in [0.15, 0.2) is 0 Å². The van der Waals surface area contributed by atoms with E-state index in [0.29, 0.717) is 0 Å². The van der Waals surface area contributed by atoms with Gasteiger partial charge in [0.25, 0.3) is 0 Å². The van der Waals surface area contributed by atoms with Crippen molar-refractivity contribution in [3.05, 3.63) is 35.4 Å². The number of hydrogen-bond donors (Lipinski definition) is 1. The molecule has 0 radical (unpaired) electrons. The zero-order valence-corrected chi connectivity index (χ0v) is 13.2. The van der Waals surface area contributed by atoms with Crippen LogP contribution in [0.2, 0.25) is 0 Å². The maximum Gasteiger partial charge on any atom is 0.0236 e. The molecule has 2 heteroatoms. The Kier molecular flexibility index (Phi) is 6.55. The molecule has 0 bridgehead atoms. The fourth-order valence-electron chi connectivity index (χ4n) is 2.94. The van der Waals surface area contributed by atoms with Crippen LogP contribution in [0.3, 0.4) is 0 Å². The Bertz CT molecular complexity index is 385. The van der Waals surface area contributed by atoms with Crippen molar-refractivity contribution >= 4 is 0 Å². The number of nitrogens with zero attached hydrogens (tertiary/aromatic N) is 1. The Balaban J connectivity index is 1.91. The highest BCUT2D eigenvalue weighted by atomic mass is 15.1. The smallest absolute Gasteiger partial charge is 0.0236 e. The van der Waals surface area contributed by atoms with Crippen LogP contribution in [0.1, 0.15) is 44.2 Å². The summed E-state index contributed by atoms with van der Waals surface area (Å²) in [5.74, 6) is 0.962. The lowest BCUT2D eigenvalue weighted by molar-refractivity contribution is 0.178. The minimum absolute atomic E-state index is 0.962. The third-order valence-electron chi connectivity index (χ3n) is 4.52. The van der Waals surface area contributed by atoms with Gasteiger partial charge in [-0.15, -0.1) is 0 Å². The Morgan fingerprint density at radius 2 is 1.90 bits per heavy atom. The molecular formula is C18H30N2. The first-order valence-electron chi connectivity index (χ1n) is 8.33. The topological polar surface area (TPSA) is 15.3 Å². The van der Waals surface area contributed by atoms with E-state index in [9.17, 15) is 0 Å². The fraction of sp³-hybridized carbons (Fsp3) is 0.667. The second kappa shape index (κ2) is 8.43. The normalized spacial score (nSPS) is 15.6. The summed E-state index contributed by atoms with van der Waals surface area (Å²) < 4.78 is 0. The number of nitrogens with one attached hydrogen (secondary N) is 1. The van der Waals surface area contributed by atoms with E-state index in [1.165, 1.54) is 36.9 Å². The number of likely N-dealkylation sites (N-methyl/N-ethyl adjacent to an activating group) is 1. The molecular weight excluding hydrogens is 244 g/mol. The Morgan fingerprint density at radius 3 is 2.50 bits per heavy atom. The van der Waals surface area contributed by atoms with Crippen LogP contribution in [0.4, 0.5) is 0 Å². The molecule has 0 saturated heterocycles. The molecule has 20 heavy (non-hydrogen) atoms. The maximum atomic E-state index is 3.43. The van der Waals surface area contributed by atoms with Gasteiger partial charge in [0.2, 0.25) is 0 Å². The summed E-state index contributed by atoms with van der Waals surface area (Å²) in [5.41, 5.74) is 3.03. The molecule has 0 heterocycles. The standard InChI is InChI=1S/C18H30N2/c1-3-19-13-12-17-10-5-6-11-18(17)15-20(4-2)14-16-8-7-9-16/h5-6,10-11,16,19H,3-4,7-9,12-15H2,1-2H3. The van der Waals surface area contributed by atoms with Crippen LogP contribution < -0.4 is 5.32 Å². The molecule has 2 rings (SSSR count). The third kappa shape index (κ3) is 4.60. The fourth-order valence-corrected chi connectivity index (χ4v) is 2.94. The van der Waals surface area contributed by atoms with Crippen LogP contribution in [0.25, 0.3) is 0 Å². The summed E-state index contributed by atoms with van der Waals surface area (Å²) in [5, 5.41) is 3.43. The molecule has 1 aliphatic rings. The van der Waals surface area contributed by atoms with Crippen molar-refractivity contribution in [1.82, 2.24) is 10.2 Å². The van der Waals surface area contributed by atoms with Gasteiger partial charge in [-0.25, -0.2) is 0 Å². The van der Waals surface area contributed by atoms with Gasteiger partial charge < -0.3 is 5.32 Å². The number of rotatable bonds is 9. The molecule has 1 aromatic rings. The highest BCUT2D eigenvalue weighted by Crippen LogP contribution is 2.27. The van der Waals surface area contributed by atoms with Crippen LogP contribution in [-0.4, -0.2) is 31.1 Å². The van der Waals surface area contributed by atoms with E-state index in [1.54, 1.807) is 0 Å². The molecule has 0 unspecified atom stereocenters. The van der Waals surface area contributed by atoms with E-state index in [0.717, 1.165) is 38.5 Å². The minimum Gasteiger partial charge on any atom is -0.317 e. The molecule has 1 aromatic carbocycles. The highest BCUT2D eigenvalue weighted by molar-refractivity contribution is 5.27. The summed E-state index contributed by atoms with van der Waals surface area (Å²) in [6.07, 6.45) is 5.48. The molecule has 1 aliphatic carbocycles. The lowest BCUT2D eigenvalue weighted by Crippen LogP contribution is -2.32. The molecule has 0 aliphatic heterocycles. The van der Waals surface area contributed by atoms with Gasteiger partial charge in [-0.2, -0.15) is 0 Å². The van der Waals surface area contributed by atoms with Crippen molar-refractivity contribution in [2.75, 3.05) is 26.2 Å². The first-order valence-corrected chi connectivity index (χ1v) is 8.33. The predicted molar refractivity (Wildman–Crippen MR) is 87.0 cm³/mol. The van der Waals surface area contributed by atoms with Crippen molar-refractivity contribution in [2.24, 2.45) is 5.92 Å². The van der Waals surface area contributed by atoms with Gasteiger partial charge >= 0.3 is 0 Å². The van der Waals surface area contributed by atoms with E-state index >= 15 is 0 Å². The number of hydrogen-bond acceptors (Lipinski definition) is 2. The summed E-state index contributed by atoms with van der Waals surface area (Å²) in [6.45, 7) is 10.2. The first-order chi connectivity index (χ1) is 9.83. The van der Waals surface area contributed by atoms with Gasteiger partial charge in [0.1, 0.15) is 0 Å². The van der Waals surface area contributed by atoms with E-state index in [2.05, 4.69) is 48.3 Å². The van der Waals surface area contributed by atoms with Gasteiger partial charge in [0, 0.05) is 13.1 Å². The molecule has 2 nitrogen and oxygen atoms in total. The average molecular weight is 274 g/mol. The molecule has 0 aromatic heterocycles. The van der Waals surface area contributed by atoms with Gasteiger partial charge in [-0.1, -0.05) is 44.5 Å².